The fourth-order valence-corrected chi connectivity index (χ4v) is 3.93. The Morgan fingerprint density at radius 3 is 2.62 bits per heavy atom. The Morgan fingerprint density at radius 1 is 1.24 bits per heavy atom. The van der Waals surface area contributed by atoms with Crippen molar-refractivity contribution < 1.29 is 13.2 Å². The first-order chi connectivity index (χ1) is 10.0. The molecule has 0 aliphatic heterocycles. The smallest absolute Gasteiger partial charge is 0.212 e. The van der Waals surface area contributed by atoms with E-state index < -0.39 is 10.0 Å². The van der Waals surface area contributed by atoms with Crippen LogP contribution in [0.25, 0.3) is 0 Å². The van der Waals surface area contributed by atoms with E-state index in [1.807, 2.05) is 31.2 Å². The van der Waals surface area contributed by atoms with Crippen LogP contribution in [-0.4, -0.2) is 39.7 Å². The molecule has 21 heavy (non-hydrogen) atoms. The summed E-state index contributed by atoms with van der Waals surface area (Å²) >= 11 is 1.51. The summed E-state index contributed by atoms with van der Waals surface area (Å²) in [6.45, 7) is 3.79. The molecule has 7 heteroatoms. The summed E-state index contributed by atoms with van der Waals surface area (Å²) in [6, 6.07) is 7.41. The molecule has 5 nitrogen and oxygen atoms in total. The molecule has 0 saturated carbocycles. The number of nitrogen functional groups attached to an aromatic ring is 1. The number of nitrogens with two attached hydrogens (primary N) is 1. The Balaban J connectivity index is 2.16. The van der Waals surface area contributed by atoms with Crippen LogP contribution in [0.1, 0.15) is 19.8 Å². The molecule has 0 aliphatic rings. The maximum Gasteiger partial charge on any atom is 0.212 e. The normalized spacial score (nSPS) is 11.7. The first-order valence-electron chi connectivity index (χ1n) is 7.07. The molecule has 0 heterocycles. The second-order valence-corrected chi connectivity index (χ2v) is 7.69. The lowest BCUT2D eigenvalue weighted by molar-refractivity contribution is 0.133. The van der Waals surface area contributed by atoms with Gasteiger partial charge < -0.3 is 10.5 Å². The lowest BCUT2D eigenvalue weighted by atomic mass is 10.3. The topological polar surface area (TPSA) is 81.4 Å². The van der Waals surface area contributed by atoms with E-state index in [1.54, 1.807) is 0 Å². The molecule has 1 aromatic carbocycles. The standard InChI is InChI=1S/C14H24N2O3S2/c1-2-9-19-10-3-8-16-21(17,18)12-11-20-14-6-4-13(15)5-7-14/h4-7,16H,2-3,8-12,15H2,1H3. The fourth-order valence-electron chi connectivity index (χ4n) is 1.55. The maximum atomic E-state index is 11.8. The monoisotopic (exact) mass is 332 g/mol. The van der Waals surface area contributed by atoms with Gasteiger partial charge in [-0.25, -0.2) is 13.1 Å². The third-order valence-corrected chi connectivity index (χ3v) is 5.29. The van der Waals surface area contributed by atoms with Crippen LogP contribution >= 0.6 is 11.8 Å². The van der Waals surface area contributed by atoms with Gasteiger partial charge in [0.15, 0.2) is 0 Å². The van der Waals surface area contributed by atoms with Crippen molar-refractivity contribution >= 4 is 27.5 Å². The highest BCUT2D eigenvalue weighted by molar-refractivity contribution is 8.00. The number of hydrogen-bond acceptors (Lipinski definition) is 5. The van der Waals surface area contributed by atoms with Crippen molar-refractivity contribution in [3.63, 3.8) is 0 Å². The van der Waals surface area contributed by atoms with Crippen LogP contribution in [-0.2, 0) is 14.8 Å². The first kappa shape index (κ1) is 18.3. The fraction of sp³-hybridized carbons (Fsp3) is 0.571. The Morgan fingerprint density at radius 2 is 1.95 bits per heavy atom. The van der Waals surface area contributed by atoms with Crippen molar-refractivity contribution in [1.29, 1.82) is 0 Å². The molecule has 0 bridgehead atoms. The van der Waals surface area contributed by atoms with Crippen molar-refractivity contribution in [2.45, 2.75) is 24.7 Å². The molecule has 0 saturated heterocycles. The van der Waals surface area contributed by atoms with Crippen LogP contribution in [0.3, 0.4) is 0 Å². The van der Waals surface area contributed by atoms with Gasteiger partial charge in [0.05, 0.1) is 5.75 Å². The van der Waals surface area contributed by atoms with Crippen molar-refractivity contribution in [2.24, 2.45) is 0 Å². The van der Waals surface area contributed by atoms with Crippen molar-refractivity contribution in [3.05, 3.63) is 24.3 Å². The molecule has 0 aliphatic carbocycles. The molecule has 0 spiro atoms. The highest BCUT2D eigenvalue weighted by atomic mass is 32.2. The number of rotatable bonds is 11. The van der Waals surface area contributed by atoms with Crippen LogP contribution in [0.5, 0.6) is 0 Å². The van der Waals surface area contributed by atoms with E-state index in [2.05, 4.69) is 4.72 Å². The summed E-state index contributed by atoms with van der Waals surface area (Å²) < 4.78 is 31.4. The first-order valence-corrected chi connectivity index (χ1v) is 9.70. The minimum Gasteiger partial charge on any atom is -0.399 e. The third kappa shape index (κ3) is 8.98. The van der Waals surface area contributed by atoms with Crippen LogP contribution in [0, 0.1) is 0 Å². The zero-order valence-corrected chi connectivity index (χ0v) is 14.0. The van der Waals surface area contributed by atoms with Crippen LogP contribution in [0.2, 0.25) is 0 Å². The molecule has 0 fully saturated rings. The Labute approximate surface area is 131 Å². The SMILES string of the molecule is CCCOCCCNS(=O)(=O)CCSc1ccc(N)cc1. The molecule has 0 radical (unpaired) electrons. The Hall–Kier alpha value is -0.760. The highest BCUT2D eigenvalue weighted by Crippen LogP contribution is 2.19. The zero-order chi connectivity index (χ0) is 15.6. The summed E-state index contributed by atoms with van der Waals surface area (Å²) in [5, 5.41) is 0. The van der Waals surface area contributed by atoms with Gasteiger partial charge in [-0.2, -0.15) is 0 Å². The number of anilines is 1. The minimum atomic E-state index is -3.20. The number of thioether (sulfide) groups is 1. The third-order valence-electron chi connectivity index (χ3n) is 2.64. The lowest BCUT2D eigenvalue weighted by Crippen LogP contribution is -2.28. The van der Waals surface area contributed by atoms with Crippen molar-refractivity contribution in [1.82, 2.24) is 4.72 Å². The molecule has 3 N–H and O–H groups in total. The molecule has 0 amide bonds. The molecule has 0 aromatic heterocycles. The molecule has 1 rings (SSSR count). The van der Waals surface area contributed by atoms with Crippen LogP contribution in [0.4, 0.5) is 5.69 Å². The summed E-state index contributed by atoms with van der Waals surface area (Å²) in [5.41, 5.74) is 6.30. The van der Waals surface area contributed by atoms with E-state index in [4.69, 9.17) is 10.5 Å². The second-order valence-electron chi connectivity index (χ2n) is 4.60. The van der Waals surface area contributed by atoms with Gasteiger partial charge >= 0.3 is 0 Å². The van der Waals surface area contributed by atoms with E-state index in [1.165, 1.54) is 11.8 Å². The van der Waals surface area contributed by atoms with Crippen LogP contribution in [0.15, 0.2) is 29.2 Å². The average molecular weight is 332 g/mol. The largest absolute Gasteiger partial charge is 0.399 e. The predicted octanol–water partition coefficient (Wildman–Crippen LogP) is 2.10. The highest BCUT2D eigenvalue weighted by Gasteiger charge is 2.09. The molecule has 1 aromatic rings. The number of benzene rings is 1. The van der Waals surface area contributed by atoms with Gasteiger partial charge in [0.1, 0.15) is 0 Å². The maximum absolute atomic E-state index is 11.8. The van der Waals surface area contributed by atoms with Gasteiger partial charge in [0.2, 0.25) is 10.0 Å². The number of nitrogens with one attached hydrogen (secondary N) is 1. The van der Waals surface area contributed by atoms with Gasteiger partial charge in [-0.3, -0.25) is 0 Å². The van der Waals surface area contributed by atoms with E-state index in [0.29, 0.717) is 31.0 Å². The quantitative estimate of drug-likeness (QED) is 0.368. The Kier molecular flexibility index (Phi) is 8.75. The van der Waals surface area contributed by atoms with Crippen LogP contribution < -0.4 is 10.5 Å². The summed E-state index contributed by atoms with van der Waals surface area (Å²) in [7, 11) is -3.20. The molecular formula is C14H24N2O3S2. The summed E-state index contributed by atoms with van der Waals surface area (Å²) in [5.74, 6) is 0.628. The van der Waals surface area contributed by atoms with Gasteiger partial charge in [-0.1, -0.05) is 6.92 Å². The van der Waals surface area contributed by atoms with E-state index in [0.717, 1.165) is 17.9 Å². The van der Waals surface area contributed by atoms with E-state index >= 15 is 0 Å². The van der Waals surface area contributed by atoms with E-state index in [-0.39, 0.29) is 5.75 Å². The predicted molar refractivity (Wildman–Crippen MR) is 89.1 cm³/mol. The Bertz CT molecular complexity index is 489. The van der Waals surface area contributed by atoms with Gasteiger partial charge in [-0.05, 0) is 37.1 Å². The average Bonchev–Trinajstić information content (AvgIpc) is 2.45. The second kappa shape index (κ2) is 10.0. The minimum absolute atomic E-state index is 0.109. The molecule has 0 unspecified atom stereocenters. The lowest BCUT2D eigenvalue weighted by Gasteiger charge is -2.07. The summed E-state index contributed by atoms with van der Waals surface area (Å²) in [6.07, 6.45) is 1.68. The number of sulfonamides is 1. The van der Waals surface area contributed by atoms with Gasteiger partial charge in [0, 0.05) is 36.1 Å². The summed E-state index contributed by atoms with van der Waals surface area (Å²) in [4.78, 5) is 1.02. The van der Waals surface area contributed by atoms with Gasteiger partial charge in [0.25, 0.3) is 0 Å². The van der Waals surface area contributed by atoms with Crippen molar-refractivity contribution in [2.75, 3.05) is 37.0 Å². The zero-order valence-electron chi connectivity index (χ0n) is 12.4. The molecule has 0 atom stereocenters. The van der Waals surface area contributed by atoms with E-state index in [9.17, 15) is 8.42 Å². The van der Waals surface area contributed by atoms with Crippen molar-refractivity contribution in [3.8, 4) is 0 Å². The van der Waals surface area contributed by atoms with Gasteiger partial charge in [-0.15, -0.1) is 11.8 Å². The number of ether oxygens (including phenoxy) is 1. The molecular weight excluding hydrogens is 308 g/mol. The number of hydrogen-bond donors (Lipinski definition) is 2. The molecule has 120 valence electrons.